The number of nitro benzene ring substituents is 1. The lowest BCUT2D eigenvalue weighted by Crippen LogP contribution is -2.46. The van der Waals surface area contributed by atoms with E-state index in [1.807, 2.05) is 41.3 Å². The first-order valence-electron chi connectivity index (χ1n) is 11.9. The Morgan fingerprint density at radius 2 is 1.71 bits per heavy atom. The zero-order valence-electron chi connectivity index (χ0n) is 20.3. The second kappa shape index (κ2) is 10.6. The SMILES string of the molecule is O=[N+]([O-])c1cc(S(=O)(=O)Nc2ccn(-c3ccccc3)n2)ccc1N1CCN(Cc2cccc(F)c2)CC1. The lowest BCUT2D eigenvalue weighted by atomic mass is 10.1. The fraction of sp³-hybridized carbons (Fsp3) is 0.192. The number of sulfonamides is 1. The van der Waals surface area contributed by atoms with Crippen molar-refractivity contribution in [2.45, 2.75) is 11.4 Å². The molecule has 1 fully saturated rings. The number of piperazine rings is 1. The summed E-state index contributed by atoms with van der Waals surface area (Å²) < 4.78 is 43.5. The highest BCUT2D eigenvalue weighted by Crippen LogP contribution is 2.32. The summed E-state index contributed by atoms with van der Waals surface area (Å²) in [5, 5.41) is 16.1. The van der Waals surface area contributed by atoms with Gasteiger partial charge < -0.3 is 4.90 Å². The molecule has 1 aliphatic heterocycles. The van der Waals surface area contributed by atoms with E-state index in [4.69, 9.17) is 0 Å². The summed E-state index contributed by atoms with van der Waals surface area (Å²) in [6.45, 7) is 2.85. The Morgan fingerprint density at radius 1 is 0.947 bits per heavy atom. The predicted molar refractivity (Wildman–Crippen MR) is 141 cm³/mol. The monoisotopic (exact) mass is 536 g/mol. The molecule has 2 heterocycles. The molecule has 0 saturated carbocycles. The van der Waals surface area contributed by atoms with Crippen LogP contribution < -0.4 is 9.62 Å². The van der Waals surface area contributed by atoms with Crippen molar-refractivity contribution in [2.75, 3.05) is 35.8 Å². The highest BCUT2D eigenvalue weighted by Gasteiger charge is 2.27. The number of anilines is 2. The number of nitrogens with zero attached hydrogens (tertiary/aromatic N) is 5. The average Bonchev–Trinajstić information content (AvgIpc) is 3.37. The van der Waals surface area contributed by atoms with Gasteiger partial charge in [0, 0.05) is 51.1 Å². The number of halogens is 1. The molecule has 0 amide bonds. The number of para-hydroxylation sites is 1. The van der Waals surface area contributed by atoms with Crippen LogP contribution in [0.5, 0.6) is 0 Å². The Balaban J connectivity index is 1.29. The van der Waals surface area contributed by atoms with Gasteiger partial charge in [-0.15, -0.1) is 5.10 Å². The summed E-state index contributed by atoms with van der Waals surface area (Å²) in [6, 6.07) is 21.0. The smallest absolute Gasteiger partial charge is 0.293 e. The quantitative estimate of drug-likeness (QED) is 0.267. The van der Waals surface area contributed by atoms with Crippen LogP contribution in [0.2, 0.25) is 0 Å². The minimum absolute atomic E-state index is 0.0926. The molecule has 1 aromatic heterocycles. The summed E-state index contributed by atoms with van der Waals surface area (Å²) in [4.78, 5) is 15.1. The molecule has 10 nitrogen and oxygen atoms in total. The van der Waals surface area contributed by atoms with Gasteiger partial charge in [0.25, 0.3) is 15.7 Å². The molecule has 196 valence electrons. The van der Waals surface area contributed by atoms with E-state index in [2.05, 4.69) is 14.7 Å². The van der Waals surface area contributed by atoms with Crippen LogP contribution in [0.25, 0.3) is 5.69 Å². The molecule has 0 atom stereocenters. The lowest BCUT2D eigenvalue weighted by Gasteiger charge is -2.35. The van der Waals surface area contributed by atoms with Gasteiger partial charge in [-0.1, -0.05) is 30.3 Å². The number of rotatable bonds is 8. The van der Waals surface area contributed by atoms with Crippen molar-refractivity contribution in [2.24, 2.45) is 0 Å². The summed E-state index contributed by atoms with van der Waals surface area (Å²) in [6.07, 6.45) is 1.62. The molecule has 1 aliphatic rings. The highest BCUT2D eigenvalue weighted by atomic mass is 32.2. The zero-order chi connectivity index (χ0) is 26.7. The van der Waals surface area contributed by atoms with Gasteiger partial charge in [-0.25, -0.2) is 17.5 Å². The second-order valence-corrected chi connectivity index (χ2v) is 10.6. The van der Waals surface area contributed by atoms with Crippen molar-refractivity contribution in [3.63, 3.8) is 0 Å². The van der Waals surface area contributed by atoms with Crippen molar-refractivity contribution >= 4 is 27.2 Å². The Kier molecular flexibility index (Phi) is 7.07. The van der Waals surface area contributed by atoms with E-state index < -0.39 is 14.9 Å². The summed E-state index contributed by atoms with van der Waals surface area (Å²) >= 11 is 0. The minimum Gasteiger partial charge on any atom is -0.363 e. The Hall–Kier alpha value is -4.29. The molecule has 0 bridgehead atoms. The topological polar surface area (TPSA) is 114 Å². The van der Waals surface area contributed by atoms with Crippen LogP contribution in [0.4, 0.5) is 21.6 Å². The Labute approximate surface area is 219 Å². The number of benzene rings is 3. The third-order valence-electron chi connectivity index (χ3n) is 6.31. The summed E-state index contributed by atoms with van der Waals surface area (Å²) in [5.74, 6) is -0.194. The first-order valence-corrected chi connectivity index (χ1v) is 13.4. The maximum absolute atomic E-state index is 13.5. The summed E-state index contributed by atoms with van der Waals surface area (Å²) in [7, 11) is -4.12. The van der Waals surface area contributed by atoms with Gasteiger partial charge in [-0.3, -0.25) is 19.7 Å². The molecule has 1 saturated heterocycles. The first-order chi connectivity index (χ1) is 18.3. The second-order valence-electron chi connectivity index (χ2n) is 8.89. The number of nitrogens with one attached hydrogen (secondary N) is 1. The number of hydrogen-bond donors (Lipinski definition) is 1. The predicted octanol–water partition coefficient (Wildman–Crippen LogP) is 4.04. The fourth-order valence-corrected chi connectivity index (χ4v) is 5.44. The molecule has 5 rings (SSSR count). The van der Waals surface area contributed by atoms with Crippen LogP contribution in [0, 0.1) is 15.9 Å². The van der Waals surface area contributed by atoms with Gasteiger partial charge in [0.1, 0.15) is 11.5 Å². The zero-order valence-corrected chi connectivity index (χ0v) is 21.1. The van der Waals surface area contributed by atoms with Crippen LogP contribution in [-0.4, -0.2) is 54.2 Å². The van der Waals surface area contributed by atoms with Gasteiger partial charge in [0.05, 0.1) is 15.5 Å². The Bertz CT molecular complexity index is 1550. The van der Waals surface area contributed by atoms with E-state index in [9.17, 15) is 22.9 Å². The molecule has 12 heteroatoms. The van der Waals surface area contributed by atoms with E-state index in [1.165, 1.54) is 35.0 Å². The van der Waals surface area contributed by atoms with Crippen molar-refractivity contribution in [1.82, 2.24) is 14.7 Å². The third kappa shape index (κ3) is 5.66. The van der Waals surface area contributed by atoms with E-state index in [0.717, 1.165) is 17.3 Å². The van der Waals surface area contributed by atoms with E-state index in [0.29, 0.717) is 38.4 Å². The van der Waals surface area contributed by atoms with Crippen molar-refractivity contribution in [3.05, 3.63) is 107 Å². The minimum atomic E-state index is -4.12. The summed E-state index contributed by atoms with van der Waals surface area (Å²) in [5.41, 5.74) is 1.68. The molecule has 0 aliphatic carbocycles. The van der Waals surface area contributed by atoms with Crippen LogP contribution in [0.3, 0.4) is 0 Å². The van der Waals surface area contributed by atoms with Crippen LogP contribution >= 0.6 is 0 Å². The molecule has 0 radical (unpaired) electrons. The largest absolute Gasteiger partial charge is 0.363 e. The normalized spacial score (nSPS) is 14.4. The number of hydrogen-bond acceptors (Lipinski definition) is 7. The van der Waals surface area contributed by atoms with Gasteiger partial charge in [0.15, 0.2) is 5.82 Å². The van der Waals surface area contributed by atoms with Crippen LogP contribution in [-0.2, 0) is 16.6 Å². The van der Waals surface area contributed by atoms with Crippen molar-refractivity contribution < 1.29 is 17.7 Å². The average molecular weight is 537 g/mol. The highest BCUT2D eigenvalue weighted by molar-refractivity contribution is 7.92. The first kappa shape index (κ1) is 25.4. The molecule has 1 N–H and O–H groups in total. The maximum Gasteiger partial charge on any atom is 0.293 e. The van der Waals surface area contributed by atoms with Gasteiger partial charge in [0.2, 0.25) is 0 Å². The maximum atomic E-state index is 13.5. The van der Waals surface area contributed by atoms with Crippen molar-refractivity contribution in [1.29, 1.82) is 0 Å². The van der Waals surface area contributed by atoms with Gasteiger partial charge in [-0.05, 0) is 42.0 Å². The van der Waals surface area contributed by atoms with E-state index >= 15 is 0 Å². The lowest BCUT2D eigenvalue weighted by molar-refractivity contribution is -0.384. The third-order valence-corrected chi connectivity index (χ3v) is 7.66. The van der Waals surface area contributed by atoms with Crippen LogP contribution in [0.1, 0.15) is 5.56 Å². The molecule has 0 spiro atoms. The molecule has 38 heavy (non-hydrogen) atoms. The van der Waals surface area contributed by atoms with Gasteiger partial charge in [-0.2, -0.15) is 0 Å². The molecular weight excluding hydrogens is 511 g/mol. The van der Waals surface area contributed by atoms with E-state index in [1.54, 1.807) is 12.3 Å². The number of nitro groups is 1. The van der Waals surface area contributed by atoms with Crippen molar-refractivity contribution in [3.8, 4) is 5.69 Å². The Morgan fingerprint density at radius 3 is 2.42 bits per heavy atom. The molecule has 3 aromatic carbocycles. The molecule has 0 unspecified atom stereocenters. The number of aromatic nitrogens is 2. The van der Waals surface area contributed by atoms with Crippen LogP contribution in [0.15, 0.2) is 90.0 Å². The van der Waals surface area contributed by atoms with E-state index in [-0.39, 0.29) is 22.2 Å². The standard InChI is InChI=1S/C26H25FN6O4S/c27-21-6-4-5-20(17-21)19-30-13-15-31(16-14-30)24-10-9-23(18-25(24)33(34)35)38(36,37)29-26-11-12-32(28-26)22-7-2-1-3-8-22/h1-12,17-18H,13-16,19H2,(H,28,29). The molecular formula is C26H25FN6O4S. The fourth-order valence-electron chi connectivity index (χ4n) is 4.42. The van der Waals surface area contributed by atoms with Gasteiger partial charge >= 0.3 is 0 Å². The molecule has 4 aromatic rings.